The van der Waals surface area contributed by atoms with Gasteiger partial charge < -0.3 is 5.73 Å². The van der Waals surface area contributed by atoms with Crippen LogP contribution in [0.3, 0.4) is 0 Å². The molecule has 1 aliphatic carbocycles. The third-order valence-corrected chi connectivity index (χ3v) is 3.68. The van der Waals surface area contributed by atoms with Gasteiger partial charge in [-0.3, -0.25) is 0 Å². The summed E-state index contributed by atoms with van der Waals surface area (Å²) in [5.41, 5.74) is 6.19. The van der Waals surface area contributed by atoms with Crippen molar-refractivity contribution in [2.75, 3.05) is 0 Å². The molecule has 1 aromatic carbocycles. The molecule has 2 rings (SSSR count). The molecule has 1 aliphatic rings. The van der Waals surface area contributed by atoms with Crippen LogP contribution in [0.2, 0.25) is 0 Å². The lowest BCUT2D eigenvalue weighted by Gasteiger charge is -2.13. The molecule has 0 radical (unpaired) electrons. The SMILES string of the molecule is CC1CC1(N)c1ccc(F)c(F)c1Br. The van der Waals surface area contributed by atoms with E-state index in [4.69, 9.17) is 5.73 Å². The second-order valence-corrected chi connectivity index (χ2v) is 4.66. The molecule has 0 aromatic heterocycles. The third kappa shape index (κ3) is 1.28. The summed E-state index contributed by atoms with van der Waals surface area (Å²) in [5, 5.41) is 0. The molecule has 2 atom stereocenters. The van der Waals surface area contributed by atoms with Crippen LogP contribution in [0.1, 0.15) is 18.9 Å². The first-order valence-electron chi connectivity index (χ1n) is 4.39. The Bertz CT molecular complexity index is 394. The topological polar surface area (TPSA) is 26.0 Å². The van der Waals surface area contributed by atoms with Gasteiger partial charge in [0.05, 0.1) is 4.47 Å². The first kappa shape index (κ1) is 10.1. The first-order valence-corrected chi connectivity index (χ1v) is 5.19. The second-order valence-electron chi connectivity index (χ2n) is 3.87. The maximum Gasteiger partial charge on any atom is 0.173 e. The Labute approximate surface area is 89.4 Å². The van der Waals surface area contributed by atoms with E-state index < -0.39 is 17.2 Å². The van der Waals surface area contributed by atoms with Gasteiger partial charge in [-0.05, 0) is 39.9 Å². The second kappa shape index (κ2) is 3.00. The van der Waals surface area contributed by atoms with Crippen molar-refractivity contribution in [3.8, 4) is 0 Å². The molecule has 0 aliphatic heterocycles. The average molecular weight is 262 g/mol. The molecular weight excluding hydrogens is 252 g/mol. The van der Waals surface area contributed by atoms with Crippen LogP contribution < -0.4 is 5.73 Å². The van der Waals surface area contributed by atoms with E-state index in [-0.39, 0.29) is 4.47 Å². The van der Waals surface area contributed by atoms with Gasteiger partial charge in [0.1, 0.15) is 0 Å². The zero-order valence-corrected chi connectivity index (χ0v) is 9.24. The van der Waals surface area contributed by atoms with Crippen LogP contribution in [-0.4, -0.2) is 0 Å². The molecule has 0 bridgehead atoms. The van der Waals surface area contributed by atoms with E-state index in [2.05, 4.69) is 15.9 Å². The molecule has 1 aromatic rings. The Morgan fingerprint density at radius 2 is 2.07 bits per heavy atom. The molecule has 1 saturated carbocycles. The summed E-state index contributed by atoms with van der Waals surface area (Å²) in [5.74, 6) is -1.38. The molecule has 1 nitrogen and oxygen atoms in total. The number of rotatable bonds is 1. The molecule has 14 heavy (non-hydrogen) atoms. The van der Waals surface area contributed by atoms with Gasteiger partial charge in [0.25, 0.3) is 0 Å². The number of hydrogen-bond acceptors (Lipinski definition) is 1. The van der Waals surface area contributed by atoms with Gasteiger partial charge in [0.15, 0.2) is 11.6 Å². The van der Waals surface area contributed by atoms with Crippen LogP contribution >= 0.6 is 15.9 Å². The zero-order chi connectivity index (χ0) is 10.5. The highest BCUT2D eigenvalue weighted by atomic mass is 79.9. The summed E-state index contributed by atoms with van der Waals surface area (Å²) < 4.78 is 26.2. The molecular formula is C10H10BrF2N. The maximum atomic E-state index is 13.2. The molecule has 1 fully saturated rings. The number of hydrogen-bond donors (Lipinski definition) is 1. The summed E-state index contributed by atoms with van der Waals surface area (Å²) in [6, 6.07) is 2.67. The van der Waals surface area contributed by atoms with Gasteiger partial charge in [-0.2, -0.15) is 0 Å². The summed E-state index contributed by atoms with van der Waals surface area (Å²) in [6.07, 6.45) is 0.816. The molecule has 0 amide bonds. The Hall–Kier alpha value is -0.480. The van der Waals surface area contributed by atoms with E-state index in [0.717, 1.165) is 12.5 Å². The summed E-state index contributed by atoms with van der Waals surface area (Å²) in [7, 11) is 0. The van der Waals surface area contributed by atoms with E-state index in [0.29, 0.717) is 11.5 Å². The van der Waals surface area contributed by atoms with E-state index in [1.54, 1.807) is 6.07 Å². The minimum atomic E-state index is -0.855. The van der Waals surface area contributed by atoms with Gasteiger partial charge in [-0.15, -0.1) is 0 Å². The lowest BCUT2D eigenvalue weighted by atomic mass is 10.0. The summed E-state index contributed by atoms with van der Waals surface area (Å²) >= 11 is 3.04. The third-order valence-electron chi connectivity index (χ3n) is 2.90. The van der Waals surface area contributed by atoms with Crippen molar-refractivity contribution in [2.24, 2.45) is 11.7 Å². The Kier molecular flexibility index (Phi) is 2.16. The fourth-order valence-corrected chi connectivity index (χ4v) is 2.40. The number of nitrogens with two attached hydrogens (primary N) is 1. The standard InChI is InChI=1S/C10H10BrF2N/c1-5-4-10(5,14)6-2-3-7(12)9(13)8(6)11/h2-3,5H,4,14H2,1H3. The fraction of sp³-hybridized carbons (Fsp3) is 0.400. The zero-order valence-electron chi connectivity index (χ0n) is 7.65. The predicted octanol–water partition coefficient (Wildman–Crippen LogP) is 2.92. The van der Waals surface area contributed by atoms with Gasteiger partial charge in [0.2, 0.25) is 0 Å². The number of halogens is 3. The highest BCUT2D eigenvalue weighted by Crippen LogP contribution is 2.51. The van der Waals surface area contributed by atoms with Crippen molar-refractivity contribution in [3.05, 3.63) is 33.8 Å². The van der Waals surface area contributed by atoms with Crippen molar-refractivity contribution in [2.45, 2.75) is 18.9 Å². The fourth-order valence-electron chi connectivity index (χ4n) is 1.71. The van der Waals surface area contributed by atoms with Crippen LogP contribution in [0.25, 0.3) is 0 Å². The average Bonchev–Trinajstić information content (AvgIpc) is 2.71. The van der Waals surface area contributed by atoms with Crippen molar-refractivity contribution >= 4 is 15.9 Å². The number of benzene rings is 1. The molecule has 0 saturated heterocycles. The molecule has 0 spiro atoms. The van der Waals surface area contributed by atoms with Gasteiger partial charge >= 0.3 is 0 Å². The van der Waals surface area contributed by atoms with Crippen molar-refractivity contribution in [1.29, 1.82) is 0 Å². The maximum absolute atomic E-state index is 13.2. The summed E-state index contributed by atoms with van der Waals surface area (Å²) in [4.78, 5) is 0. The van der Waals surface area contributed by atoms with Crippen LogP contribution in [-0.2, 0) is 5.54 Å². The first-order chi connectivity index (χ1) is 6.47. The minimum absolute atomic E-state index is 0.157. The Balaban J connectivity index is 2.51. The monoisotopic (exact) mass is 261 g/mol. The smallest absolute Gasteiger partial charge is 0.173 e. The van der Waals surface area contributed by atoms with Crippen LogP contribution in [0.5, 0.6) is 0 Å². The summed E-state index contributed by atoms with van der Waals surface area (Å²) in [6.45, 7) is 1.99. The van der Waals surface area contributed by atoms with Gasteiger partial charge in [-0.25, -0.2) is 8.78 Å². The lowest BCUT2D eigenvalue weighted by Crippen LogP contribution is -2.22. The molecule has 4 heteroatoms. The van der Waals surface area contributed by atoms with E-state index in [9.17, 15) is 8.78 Å². The van der Waals surface area contributed by atoms with Crippen molar-refractivity contribution in [1.82, 2.24) is 0 Å². The Morgan fingerprint density at radius 3 is 2.57 bits per heavy atom. The highest BCUT2D eigenvalue weighted by molar-refractivity contribution is 9.10. The van der Waals surface area contributed by atoms with Gasteiger partial charge in [-0.1, -0.05) is 13.0 Å². The minimum Gasteiger partial charge on any atom is -0.321 e. The molecule has 2 N–H and O–H groups in total. The van der Waals surface area contributed by atoms with Crippen molar-refractivity contribution < 1.29 is 8.78 Å². The van der Waals surface area contributed by atoms with Crippen molar-refractivity contribution in [3.63, 3.8) is 0 Å². The Morgan fingerprint density at radius 1 is 1.50 bits per heavy atom. The largest absolute Gasteiger partial charge is 0.321 e. The lowest BCUT2D eigenvalue weighted by molar-refractivity contribution is 0.498. The van der Waals surface area contributed by atoms with Crippen LogP contribution in [0.15, 0.2) is 16.6 Å². The molecule has 0 heterocycles. The van der Waals surface area contributed by atoms with Crippen LogP contribution in [0.4, 0.5) is 8.78 Å². The van der Waals surface area contributed by atoms with Gasteiger partial charge in [0, 0.05) is 5.54 Å². The molecule has 76 valence electrons. The van der Waals surface area contributed by atoms with E-state index >= 15 is 0 Å². The van der Waals surface area contributed by atoms with Crippen LogP contribution in [0, 0.1) is 17.6 Å². The predicted molar refractivity (Wildman–Crippen MR) is 53.7 cm³/mol. The normalized spacial score (nSPS) is 30.5. The molecule has 2 unspecified atom stereocenters. The quantitative estimate of drug-likeness (QED) is 0.774. The van der Waals surface area contributed by atoms with E-state index in [1.807, 2.05) is 6.92 Å². The van der Waals surface area contributed by atoms with E-state index in [1.165, 1.54) is 0 Å². The highest BCUT2D eigenvalue weighted by Gasteiger charge is 2.50.